The molecule has 1 aliphatic rings. The van der Waals surface area contributed by atoms with Crippen LogP contribution in [0, 0.1) is 0 Å². The summed E-state index contributed by atoms with van der Waals surface area (Å²) in [7, 11) is 0. The van der Waals surface area contributed by atoms with E-state index in [1.807, 2.05) is 36.4 Å². The predicted octanol–water partition coefficient (Wildman–Crippen LogP) is 5.31. The molecule has 3 nitrogen and oxygen atoms in total. The van der Waals surface area contributed by atoms with Gasteiger partial charge in [-0.25, -0.2) is 9.78 Å². The SMILES string of the molecule is O=c1oc(C(c2ccccc2)c2ccccc2)nc2sc3c(c12)CCCC3. The maximum Gasteiger partial charge on any atom is 0.348 e. The fraction of sp³-hybridized carbons (Fsp3) is 0.217. The van der Waals surface area contributed by atoms with Gasteiger partial charge in [0.05, 0.1) is 5.92 Å². The number of hydrogen-bond acceptors (Lipinski definition) is 4. The second-order valence-electron chi connectivity index (χ2n) is 6.98. The summed E-state index contributed by atoms with van der Waals surface area (Å²) in [5.74, 6) is 0.284. The van der Waals surface area contributed by atoms with Crippen molar-refractivity contribution in [1.82, 2.24) is 4.98 Å². The zero-order valence-corrected chi connectivity index (χ0v) is 15.7. The number of nitrogens with zero attached hydrogens (tertiary/aromatic N) is 1. The smallest absolute Gasteiger partial charge is 0.348 e. The van der Waals surface area contributed by atoms with E-state index in [-0.39, 0.29) is 11.5 Å². The number of aromatic nitrogens is 1. The van der Waals surface area contributed by atoms with Crippen molar-refractivity contribution >= 4 is 21.6 Å². The minimum atomic E-state index is -0.244. The van der Waals surface area contributed by atoms with Crippen LogP contribution in [0.25, 0.3) is 10.2 Å². The van der Waals surface area contributed by atoms with Crippen LogP contribution in [0.1, 0.15) is 46.2 Å². The van der Waals surface area contributed by atoms with Crippen LogP contribution in [0.3, 0.4) is 0 Å². The molecule has 4 aromatic rings. The Morgan fingerprint density at radius 2 is 1.52 bits per heavy atom. The number of fused-ring (bicyclic) bond motifs is 3. The standard InChI is InChI=1S/C23H19NO2S/c25-23-20-17-13-7-8-14-18(17)27-22(20)24-21(26-23)19(15-9-3-1-4-10-15)16-11-5-2-6-12-16/h1-6,9-12,19H,7-8,13-14H2. The van der Waals surface area contributed by atoms with Crippen LogP contribution >= 0.6 is 11.3 Å². The summed E-state index contributed by atoms with van der Waals surface area (Å²) >= 11 is 1.66. The minimum absolute atomic E-state index is 0.191. The molecule has 0 radical (unpaired) electrons. The van der Waals surface area contributed by atoms with Crippen molar-refractivity contribution in [2.45, 2.75) is 31.6 Å². The van der Waals surface area contributed by atoms with E-state index in [9.17, 15) is 4.79 Å². The van der Waals surface area contributed by atoms with E-state index >= 15 is 0 Å². The lowest BCUT2D eigenvalue weighted by molar-refractivity contribution is 0.439. The first-order chi connectivity index (χ1) is 13.3. The van der Waals surface area contributed by atoms with E-state index in [1.54, 1.807) is 11.3 Å². The van der Waals surface area contributed by atoms with Crippen LogP contribution in [0.5, 0.6) is 0 Å². The Bertz CT molecular complexity index is 1110. The first-order valence-corrected chi connectivity index (χ1v) is 10.2. The lowest BCUT2D eigenvalue weighted by Gasteiger charge is -2.16. The summed E-state index contributed by atoms with van der Waals surface area (Å²) in [6.45, 7) is 0. The Kier molecular flexibility index (Phi) is 4.13. The highest BCUT2D eigenvalue weighted by Crippen LogP contribution is 2.36. The highest BCUT2D eigenvalue weighted by molar-refractivity contribution is 7.18. The molecule has 134 valence electrons. The molecular weight excluding hydrogens is 354 g/mol. The average Bonchev–Trinajstić information content (AvgIpc) is 3.09. The van der Waals surface area contributed by atoms with Gasteiger partial charge in [-0.1, -0.05) is 60.7 Å². The molecule has 5 rings (SSSR count). The highest BCUT2D eigenvalue weighted by atomic mass is 32.1. The molecule has 1 aliphatic carbocycles. The third-order valence-electron chi connectivity index (χ3n) is 5.28. The van der Waals surface area contributed by atoms with Gasteiger partial charge in [-0.3, -0.25) is 0 Å². The van der Waals surface area contributed by atoms with Gasteiger partial charge in [-0.15, -0.1) is 11.3 Å². The quantitative estimate of drug-likeness (QED) is 0.489. The van der Waals surface area contributed by atoms with Gasteiger partial charge in [0.15, 0.2) is 0 Å². The molecule has 2 aromatic carbocycles. The second kappa shape index (κ2) is 6.78. The van der Waals surface area contributed by atoms with Gasteiger partial charge in [0.2, 0.25) is 5.89 Å². The predicted molar refractivity (Wildman–Crippen MR) is 109 cm³/mol. The largest absolute Gasteiger partial charge is 0.407 e. The maximum absolute atomic E-state index is 12.9. The zero-order valence-electron chi connectivity index (χ0n) is 14.9. The molecule has 27 heavy (non-hydrogen) atoms. The molecule has 0 bridgehead atoms. The van der Waals surface area contributed by atoms with Crippen molar-refractivity contribution in [2.24, 2.45) is 0 Å². The van der Waals surface area contributed by atoms with E-state index in [4.69, 9.17) is 9.40 Å². The highest BCUT2D eigenvalue weighted by Gasteiger charge is 2.25. The van der Waals surface area contributed by atoms with Gasteiger partial charge in [-0.05, 0) is 42.4 Å². The first kappa shape index (κ1) is 16.5. The molecule has 0 aliphatic heterocycles. The van der Waals surface area contributed by atoms with E-state index < -0.39 is 0 Å². The summed E-state index contributed by atoms with van der Waals surface area (Å²) in [6.07, 6.45) is 4.33. The second-order valence-corrected chi connectivity index (χ2v) is 8.07. The van der Waals surface area contributed by atoms with Crippen molar-refractivity contribution in [1.29, 1.82) is 0 Å². The molecule has 0 N–H and O–H groups in total. The van der Waals surface area contributed by atoms with Gasteiger partial charge >= 0.3 is 5.63 Å². The summed E-state index contributed by atoms with van der Waals surface area (Å²) in [5, 5.41) is 0.707. The molecule has 0 fully saturated rings. The summed E-state index contributed by atoms with van der Waals surface area (Å²) in [5.41, 5.74) is 3.07. The van der Waals surface area contributed by atoms with Crippen molar-refractivity contribution < 1.29 is 4.42 Å². The monoisotopic (exact) mass is 373 g/mol. The topological polar surface area (TPSA) is 43.1 Å². The normalized spacial score (nSPS) is 13.8. The van der Waals surface area contributed by atoms with Crippen molar-refractivity contribution in [3.05, 3.63) is 98.5 Å². The van der Waals surface area contributed by atoms with E-state index in [1.165, 1.54) is 16.9 Å². The number of aryl methyl sites for hydroxylation is 2. The molecule has 0 unspecified atom stereocenters. The van der Waals surface area contributed by atoms with Crippen LogP contribution < -0.4 is 5.63 Å². The Morgan fingerprint density at radius 1 is 0.889 bits per heavy atom. The lowest BCUT2D eigenvalue weighted by Crippen LogP contribution is -2.12. The Morgan fingerprint density at radius 3 is 2.19 bits per heavy atom. The van der Waals surface area contributed by atoms with Gasteiger partial charge in [-0.2, -0.15) is 0 Å². The first-order valence-electron chi connectivity index (χ1n) is 9.36. The summed E-state index contributed by atoms with van der Waals surface area (Å²) in [6, 6.07) is 20.2. The molecular formula is C23H19NO2S. The van der Waals surface area contributed by atoms with Crippen LogP contribution in [0.15, 0.2) is 69.9 Å². The maximum atomic E-state index is 12.9. The molecule has 2 heterocycles. The van der Waals surface area contributed by atoms with Crippen molar-refractivity contribution in [3.63, 3.8) is 0 Å². The molecule has 0 spiro atoms. The Labute approximate surface area is 161 Å². The van der Waals surface area contributed by atoms with Gasteiger partial charge in [0, 0.05) is 4.88 Å². The van der Waals surface area contributed by atoms with Crippen LogP contribution in [-0.4, -0.2) is 4.98 Å². The van der Waals surface area contributed by atoms with Crippen LogP contribution in [-0.2, 0) is 12.8 Å². The molecule has 0 saturated heterocycles. The minimum Gasteiger partial charge on any atom is -0.407 e. The number of rotatable bonds is 3. The van der Waals surface area contributed by atoms with Gasteiger partial charge in [0.25, 0.3) is 0 Å². The molecule has 0 amide bonds. The summed E-state index contributed by atoms with van der Waals surface area (Å²) < 4.78 is 5.83. The van der Waals surface area contributed by atoms with Gasteiger partial charge in [0.1, 0.15) is 10.2 Å². The number of thiophene rings is 1. The van der Waals surface area contributed by atoms with E-state index in [0.717, 1.165) is 35.2 Å². The average molecular weight is 373 g/mol. The molecule has 0 saturated carbocycles. The van der Waals surface area contributed by atoms with Crippen LogP contribution in [0.4, 0.5) is 0 Å². The number of hydrogen-bond donors (Lipinski definition) is 0. The van der Waals surface area contributed by atoms with Gasteiger partial charge < -0.3 is 4.42 Å². The zero-order chi connectivity index (χ0) is 18.2. The molecule has 2 aromatic heterocycles. The van der Waals surface area contributed by atoms with Crippen molar-refractivity contribution in [3.8, 4) is 0 Å². The van der Waals surface area contributed by atoms with Crippen LogP contribution in [0.2, 0.25) is 0 Å². The molecule has 4 heteroatoms. The summed E-state index contributed by atoms with van der Waals surface area (Å²) in [4.78, 5) is 19.9. The third-order valence-corrected chi connectivity index (χ3v) is 6.46. The third kappa shape index (κ3) is 2.90. The van der Waals surface area contributed by atoms with E-state index in [2.05, 4.69) is 24.3 Å². The Hall–Kier alpha value is -2.72. The number of benzene rings is 2. The van der Waals surface area contributed by atoms with Crippen molar-refractivity contribution in [2.75, 3.05) is 0 Å². The fourth-order valence-corrected chi connectivity index (χ4v) is 5.25. The Balaban J connectivity index is 1.73. The van der Waals surface area contributed by atoms with E-state index in [0.29, 0.717) is 11.3 Å². The fourth-order valence-electron chi connectivity index (χ4n) is 4.00. The molecule has 0 atom stereocenters. The lowest BCUT2D eigenvalue weighted by atomic mass is 9.91.